The highest BCUT2D eigenvalue weighted by molar-refractivity contribution is 6.00. The summed E-state index contributed by atoms with van der Waals surface area (Å²) < 4.78 is 11.1. The second-order valence-electron chi connectivity index (χ2n) is 4.67. The molecule has 98 valence electrons. The number of fused-ring (bicyclic) bond motifs is 1. The quantitative estimate of drug-likeness (QED) is 0.845. The maximum absolute atomic E-state index is 12.2. The Labute approximate surface area is 112 Å². The summed E-state index contributed by atoms with van der Waals surface area (Å²) in [6.45, 7) is 1.67. The first kappa shape index (κ1) is 13.2. The molecule has 4 nitrogen and oxygen atoms in total. The molecule has 2 aliphatic rings. The molecule has 1 saturated heterocycles. The van der Waals surface area contributed by atoms with Crippen LogP contribution in [0.15, 0.2) is 18.2 Å². The van der Waals surface area contributed by atoms with E-state index in [0.717, 1.165) is 19.5 Å². The van der Waals surface area contributed by atoms with Crippen LogP contribution in [0.4, 0.5) is 0 Å². The van der Waals surface area contributed by atoms with Gasteiger partial charge in [-0.2, -0.15) is 0 Å². The van der Waals surface area contributed by atoms with Crippen molar-refractivity contribution in [3.8, 4) is 11.5 Å². The predicted octanol–water partition coefficient (Wildman–Crippen LogP) is 1.81. The predicted molar refractivity (Wildman–Crippen MR) is 70.0 cm³/mol. The van der Waals surface area contributed by atoms with Gasteiger partial charge in [0.15, 0.2) is 5.78 Å². The average molecular weight is 270 g/mol. The summed E-state index contributed by atoms with van der Waals surface area (Å²) in [5, 5.41) is 3.25. The third-order valence-corrected chi connectivity index (χ3v) is 3.50. The van der Waals surface area contributed by atoms with Gasteiger partial charge in [-0.05, 0) is 24.7 Å². The summed E-state index contributed by atoms with van der Waals surface area (Å²) >= 11 is 0. The van der Waals surface area contributed by atoms with Gasteiger partial charge >= 0.3 is 0 Å². The molecule has 0 saturated carbocycles. The molecule has 2 heterocycles. The van der Waals surface area contributed by atoms with Gasteiger partial charge in [-0.1, -0.05) is 0 Å². The molecule has 18 heavy (non-hydrogen) atoms. The molecule has 1 aromatic carbocycles. The van der Waals surface area contributed by atoms with Crippen molar-refractivity contribution in [3.63, 3.8) is 0 Å². The highest BCUT2D eigenvalue weighted by Crippen LogP contribution is 2.37. The van der Waals surface area contributed by atoms with Crippen LogP contribution in [0.2, 0.25) is 0 Å². The molecule has 0 aromatic heterocycles. The van der Waals surface area contributed by atoms with Crippen molar-refractivity contribution in [2.24, 2.45) is 0 Å². The van der Waals surface area contributed by atoms with E-state index in [0.29, 0.717) is 23.5 Å². The topological polar surface area (TPSA) is 47.6 Å². The van der Waals surface area contributed by atoms with Crippen LogP contribution in [0, 0.1) is 0 Å². The zero-order valence-corrected chi connectivity index (χ0v) is 11.0. The van der Waals surface area contributed by atoms with Crippen LogP contribution < -0.4 is 14.8 Å². The Kier molecular flexibility index (Phi) is 3.50. The minimum Gasteiger partial charge on any atom is -0.497 e. The van der Waals surface area contributed by atoms with E-state index in [1.165, 1.54) is 0 Å². The number of rotatable bonds is 1. The summed E-state index contributed by atoms with van der Waals surface area (Å²) in [6, 6.07) is 5.41. The van der Waals surface area contributed by atoms with Gasteiger partial charge in [0.25, 0.3) is 0 Å². The molecule has 0 radical (unpaired) electrons. The number of methoxy groups -OCH3 is 1. The van der Waals surface area contributed by atoms with Gasteiger partial charge in [0.2, 0.25) is 0 Å². The molecule has 1 spiro atoms. The van der Waals surface area contributed by atoms with Gasteiger partial charge < -0.3 is 14.8 Å². The minimum atomic E-state index is -0.321. The molecule has 5 heteroatoms. The summed E-state index contributed by atoms with van der Waals surface area (Å²) in [7, 11) is 1.60. The van der Waals surface area contributed by atoms with Crippen LogP contribution in [0.5, 0.6) is 11.5 Å². The zero-order chi connectivity index (χ0) is 11.9. The third-order valence-electron chi connectivity index (χ3n) is 3.50. The molecule has 1 aromatic rings. The van der Waals surface area contributed by atoms with E-state index in [4.69, 9.17) is 9.47 Å². The molecule has 1 N–H and O–H groups in total. The molecular formula is C13H16ClNO3. The second-order valence-corrected chi connectivity index (χ2v) is 4.67. The SMILES string of the molecule is COc1ccc2c(c1)C(=O)CC1(CCNC1)O2.Cl. The maximum atomic E-state index is 12.2. The lowest BCUT2D eigenvalue weighted by Crippen LogP contribution is -2.43. The first-order chi connectivity index (χ1) is 8.22. The highest BCUT2D eigenvalue weighted by atomic mass is 35.5. The molecule has 2 aliphatic heterocycles. The monoisotopic (exact) mass is 269 g/mol. The minimum absolute atomic E-state index is 0. The van der Waals surface area contributed by atoms with Crippen molar-refractivity contribution in [3.05, 3.63) is 23.8 Å². The fourth-order valence-electron chi connectivity index (χ4n) is 2.56. The summed E-state index contributed by atoms with van der Waals surface area (Å²) in [4.78, 5) is 12.2. The Bertz CT molecular complexity index is 469. The van der Waals surface area contributed by atoms with Crippen LogP contribution in [-0.4, -0.2) is 31.6 Å². The van der Waals surface area contributed by atoms with Gasteiger partial charge in [-0.25, -0.2) is 0 Å². The van der Waals surface area contributed by atoms with Gasteiger partial charge in [0.1, 0.15) is 17.1 Å². The first-order valence-electron chi connectivity index (χ1n) is 5.83. The van der Waals surface area contributed by atoms with E-state index >= 15 is 0 Å². The van der Waals surface area contributed by atoms with E-state index in [-0.39, 0.29) is 23.8 Å². The Morgan fingerprint density at radius 2 is 2.28 bits per heavy atom. The lowest BCUT2D eigenvalue weighted by molar-refractivity contribution is 0.0527. The lowest BCUT2D eigenvalue weighted by Gasteiger charge is -2.34. The largest absolute Gasteiger partial charge is 0.497 e. The van der Waals surface area contributed by atoms with Gasteiger partial charge in [0.05, 0.1) is 19.1 Å². The van der Waals surface area contributed by atoms with Gasteiger partial charge in [-0.3, -0.25) is 4.79 Å². The Morgan fingerprint density at radius 1 is 1.44 bits per heavy atom. The van der Waals surface area contributed by atoms with E-state index in [9.17, 15) is 4.79 Å². The molecule has 0 bridgehead atoms. The van der Waals surface area contributed by atoms with E-state index < -0.39 is 0 Å². The van der Waals surface area contributed by atoms with Crippen molar-refractivity contribution < 1.29 is 14.3 Å². The van der Waals surface area contributed by atoms with Crippen LogP contribution in [0.25, 0.3) is 0 Å². The third kappa shape index (κ3) is 2.06. The van der Waals surface area contributed by atoms with Crippen molar-refractivity contribution in [2.45, 2.75) is 18.4 Å². The Hall–Kier alpha value is -1.26. The molecular weight excluding hydrogens is 254 g/mol. The molecule has 0 amide bonds. The standard InChI is InChI=1S/C13H15NO3.ClH/c1-16-9-2-3-12-10(6-9)11(15)7-13(17-12)4-5-14-8-13;/h2-3,6,14H,4-5,7-8H2,1H3;1H. The number of nitrogens with one attached hydrogen (secondary N) is 1. The maximum Gasteiger partial charge on any atom is 0.170 e. The average Bonchev–Trinajstić information content (AvgIpc) is 2.77. The molecule has 1 fully saturated rings. The van der Waals surface area contributed by atoms with Crippen LogP contribution in [0.3, 0.4) is 0 Å². The lowest BCUT2D eigenvalue weighted by atomic mass is 9.89. The van der Waals surface area contributed by atoms with Crippen molar-refractivity contribution in [2.75, 3.05) is 20.2 Å². The van der Waals surface area contributed by atoms with Gasteiger partial charge in [0, 0.05) is 13.0 Å². The van der Waals surface area contributed by atoms with E-state index in [2.05, 4.69) is 5.32 Å². The number of ether oxygens (including phenoxy) is 2. The molecule has 1 atom stereocenters. The number of benzene rings is 1. The molecule has 0 aliphatic carbocycles. The fraction of sp³-hybridized carbons (Fsp3) is 0.462. The van der Waals surface area contributed by atoms with E-state index in [1.54, 1.807) is 13.2 Å². The second kappa shape index (κ2) is 4.78. The number of hydrogen-bond donors (Lipinski definition) is 1. The Morgan fingerprint density at radius 3 is 2.94 bits per heavy atom. The highest BCUT2D eigenvalue weighted by Gasteiger charge is 2.42. The number of carbonyl (C=O) groups excluding carboxylic acids is 1. The number of ketones is 1. The normalized spacial score (nSPS) is 25.3. The number of Topliss-reactive ketones (excluding diaryl/α,β-unsaturated/α-hetero) is 1. The summed E-state index contributed by atoms with van der Waals surface area (Å²) in [5.74, 6) is 1.53. The fourth-order valence-corrected chi connectivity index (χ4v) is 2.56. The van der Waals surface area contributed by atoms with Crippen LogP contribution in [-0.2, 0) is 0 Å². The van der Waals surface area contributed by atoms with E-state index in [1.807, 2.05) is 12.1 Å². The van der Waals surface area contributed by atoms with Crippen LogP contribution in [0.1, 0.15) is 23.2 Å². The summed E-state index contributed by atoms with van der Waals surface area (Å²) in [6.07, 6.45) is 1.35. The van der Waals surface area contributed by atoms with Crippen molar-refractivity contribution in [1.29, 1.82) is 0 Å². The first-order valence-corrected chi connectivity index (χ1v) is 5.83. The molecule has 3 rings (SSSR count). The number of halogens is 1. The van der Waals surface area contributed by atoms with Crippen molar-refractivity contribution in [1.82, 2.24) is 5.32 Å². The smallest absolute Gasteiger partial charge is 0.170 e. The van der Waals surface area contributed by atoms with Crippen molar-refractivity contribution >= 4 is 18.2 Å². The Balaban J connectivity index is 0.00000120. The number of hydrogen-bond acceptors (Lipinski definition) is 4. The van der Waals surface area contributed by atoms with Crippen LogP contribution >= 0.6 is 12.4 Å². The molecule has 1 unspecified atom stereocenters. The zero-order valence-electron chi connectivity index (χ0n) is 10.2. The number of carbonyl (C=O) groups is 1. The summed E-state index contributed by atoms with van der Waals surface area (Å²) in [5.41, 5.74) is 0.320. The van der Waals surface area contributed by atoms with Gasteiger partial charge in [-0.15, -0.1) is 12.4 Å².